The normalized spacial score (nSPS) is 17.2. The lowest BCUT2D eigenvalue weighted by Crippen LogP contribution is -2.28. The van der Waals surface area contributed by atoms with Gasteiger partial charge in [-0.3, -0.25) is 9.59 Å². The molecule has 24 heavy (non-hydrogen) atoms. The molecular weight excluding hydrogens is 347 g/mol. The van der Waals surface area contributed by atoms with Crippen LogP contribution in [0.15, 0.2) is 42.5 Å². The maximum atomic E-state index is 12.5. The van der Waals surface area contributed by atoms with E-state index in [-0.39, 0.29) is 18.2 Å². The second kappa shape index (κ2) is 6.83. The third-order valence-electron chi connectivity index (χ3n) is 4.09. The summed E-state index contributed by atoms with van der Waals surface area (Å²) in [5.74, 6) is -0.691. The number of anilines is 2. The summed E-state index contributed by atoms with van der Waals surface area (Å²) in [7, 11) is 0. The van der Waals surface area contributed by atoms with E-state index >= 15 is 0 Å². The van der Waals surface area contributed by atoms with Crippen LogP contribution in [0, 0.1) is 12.8 Å². The topological polar surface area (TPSA) is 49.4 Å². The maximum absolute atomic E-state index is 12.5. The van der Waals surface area contributed by atoms with E-state index in [1.807, 2.05) is 13.0 Å². The predicted octanol–water partition coefficient (Wildman–Crippen LogP) is 4.29. The van der Waals surface area contributed by atoms with Crippen LogP contribution in [-0.4, -0.2) is 18.4 Å². The quantitative estimate of drug-likeness (QED) is 0.884. The first-order valence-electron chi connectivity index (χ1n) is 7.57. The summed E-state index contributed by atoms with van der Waals surface area (Å²) in [6.45, 7) is 2.19. The highest BCUT2D eigenvalue weighted by Crippen LogP contribution is 2.31. The summed E-state index contributed by atoms with van der Waals surface area (Å²) in [6.07, 6.45) is 0.170. The summed E-state index contributed by atoms with van der Waals surface area (Å²) in [6, 6.07) is 12.4. The zero-order chi connectivity index (χ0) is 17.3. The smallest absolute Gasteiger partial charge is 0.229 e. The number of nitrogens with zero attached hydrogens (tertiary/aromatic N) is 1. The van der Waals surface area contributed by atoms with E-state index in [1.54, 1.807) is 41.3 Å². The highest BCUT2D eigenvalue weighted by Gasteiger charge is 2.35. The third-order valence-corrected chi connectivity index (χ3v) is 4.64. The van der Waals surface area contributed by atoms with Crippen molar-refractivity contribution in [3.05, 3.63) is 58.1 Å². The van der Waals surface area contributed by atoms with Crippen molar-refractivity contribution in [1.29, 1.82) is 0 Å². The largest absolute Gasteiger partial charge is 0.326 e. The van der Waals surface area contributed by atoms with Gasteiger partial charge in [0.15, 0.2) is 0 Å². The Kier molecular flexibility index (Phi) is 4.78. The van der Waals surface area contributed by atoms with Gasteiger partial charge in [0.05, 0.1) is 16.6 Å². The summed E-state index contributed by atoms with van der Waals surface area (Å²) >= 11 is 12.1. The molecule has 1 aliphatic heterocycles. The van der Waals surface area contributed by atoms with Crippen molar-refractivity contribution >= 4 is 46.4 Å². The van der Waals surface area contributed by atoms with Crippen molar-refractivity contribution in [3.8, 4) is 0 Å². The summed E-state index contributed by atoms with van der Waals surface area (Å²) < 4.78 is 0. The molecule has 1 aliphatic rings. The van der Waals surface area contributed by atoms with Crippen LogP contribution in [0.5, 0.6) is 0 Å². The molecule has 1 N–H and O–H groups in total. The molecule has 6 heteroatoms. The van der Waals surface area contributed by atoms with E-state index in [1.165, 1.54) is 0 Å². The Morgan fingerprint density at radius 2 is 1.96 bits per heavy atom. The van der Waals surface area contributed by atoms with Gasteiger partial charge in [-0.25, -0.2) is 0 Å². The Morgan fingerprint density at radius 1 is 1.21 bits per heavy atom. The first kappa shape index (κ1) is 16.8. The van der Waals surface area contributed by atoms with Crippen LogP contribution in [-0.2, 0) is 9.59 Å². The highest BCUT2D eigenvalue weighted by molar-refractivity contribution is 6.34. The first-order chi connectivity index (χ1) is 11.5. The minimum atomic E-state index is -0.413. The molecule has 0 aromatic heterocycles. The lowest BCUT2D eigenvalue weighted by molar-refractivity contribution is -0.122. The molecule has 1 heterocycles. The number of carbonyl (C=O) groups excluding carboxylic acids is 2. The molecule has 3 rings (SSSR count). The number of amides is 2. The molecule has 0 spiro atoms. The molecule has 0 bridgehead atoms. The Bertz CT molecular complexity index is 807. The van der Waals surface area contributed by atoms with Gasteiger partial charge in [0.1, 0.15) is 0 Å². The van der Waals surface area contributed by atoms with Crippen LogP contribution in [0.1, 0.15) is 12.0 Å². The molecule has 1 unspecified atom stereocenters. The fourth-order valence-electron chi connectivity index (χ4n) is 2.79. The monoisotopic (exact) mass is 362 g/mol. The Balaban J connectivity index is 1.73. The van der Waals surface area contributed by atoms with E-state index in [9.17, 15) is 9.59 Å². The number of carbonyl (C=O) groups is 2. The zero-order valence-electron chi connectivity index (χ0n) is 13.1. The summed E-state index contributed by atoms with van der Waals surface area (Å²) in [4.78, 5) is 26.3. The van der Waals surface area contributed by atoms with Gasteiger partial charge in [0.2, 0.25) is 11.8 Å². The van der Waals surface area contributed by atoms with Gasteiger partial charge in [0.25, 0.3) is 0 Å². The van der Waals surface area contributed by atoms with E-state index in [0.29, 0.717) is 28.0 Å². The third kappa shape index (κ3) is 3.40. The molecule has 1 fully saturated rings. The van der Waals surface area contributed by atoms with Crippen LogP contribution in [0.3, 0.4) is 0 Å². The SMILES string of the molecule is Cc1cc(Cl)ccc1NC(=O)C1CC(=O)N(c2ccccc2Cl)C1. The Hall–Kier alpha value is -2.04. The number of hydrogen-bond acceptors (Lipinski definition) is 2. The van der Waals surface area contributed by atoms with Crippen LogP contribution in [0.25, 0.3) is 0 Å². The molecular formula is C18H16Cl2N2O2. The highest BCUT2D eigenvalue weighted by atomic mass is 35.5. The van der Waals surface area contributed by atoms with Gasteiger partial charge in [-0.05, 0) is 42.8 Å². The predicted molar refractivity (Wildman–Crippen MR) is 96.7 cm³/mol. The van der Waals surface area contributed by atoms with Crippen LogP contribution in [0.4, 0.5) is 11.4 Å². The second-order valence-corrected chi connectivity index (χ2v) is 6.65. The van der Waals surface area contributed by atoms with E-state index in [4.69, 9.17) is 23.2 Å². The first-order valence-corrected chi connectivity index (χ1v) is 8.33. The number of para-hydroxylation sites is 1. The van der Waals surface area contributed by atoms with Crippen LogP contribution < -0.4 is 10.2 Å². The van der Waals surface area contributed by atoms with Crippen molar-refractivity contribution < 1.29 is 9.59 Å². The molecule has 2 aromatic rings. The molecule has 4 nitrogen and oxygen atoms in total. The van der Waals surface area contributed by atoms with Gasteiger partial charge in [-0.2, -0.15) is 0 Å². The van der Waals surface area contributed by atoms with Crippen molar-refractivity contribution in [1.82, 2.24) is 0 Å². The molecule has 2 aromatic carbocycles. The molecule has 1 saturated heterocycles. The Morgan fingerprint density at radius 3 is 2.67 bits per heavy atom. The standard InChI is InChI=1S/C18H16Cl2N2O2/c1-11-8-13(19)6-7-15(11)21-18(24)12-9-17(23)22(10-12)16-5-3-2-4-14(16)20/h2-8,12H,9-10H2,1H3,(H,21,24). The lowest BCUT2D eigenvalue weighted by atomic mass is 10.1. The minimum Gasteiger partial charge on any atom is -0.326 e. The molecule has 0 aliphatic carbocycles. The van der Waals surface area contributed by atoms with Crippen LogP contribution >= 0.6 is 23.2 Å². The number of benzene rings is 2. The summed E-state index contributed by atoms with van der Waals surface area (Å²) in [5.41, 5.74) is 2.22. The molecule has 1 atom stereocenters. The summed E-state index contributed by atoms with van der Waals surface area (Å²) in [5, 5.41) is 3.99. The number of halogens is 2. The fraction of sp³-hybridized carbons (Fsp3) is 0.222. The Labute approximate surface area is 150 Å². The van der Waals surface area contributed by atoms with Gasteiger partial charge < -0.3 is 10.2 Å². The van der Waals surface area contributed by atoms with Crippen molar-refractivity contribution in [2.75, 3.05) is 16.8 Å². The molecule has 0 saturated carbocycles. The zero-order valence-corrected chi connectivity index (χ0v) is 14.6. The molecule has 124 valence electrons. The number of nitrogens with one attached hydrogen (secondary N) is 1. The number of rotatable bonds is 3. The van der Waals surface area contributed by atoms with E-state index in [2.05, 4.69) is 5.32 Å². The van der Waals surface area contributed by atoms with Crippen LogP contribution in [0.2, 0.25) is 10.0 Å². The minimum absolute atomic E-state index is 0.101. The number of aryl methyl sites for hydroxylation is 1. The molecule has 2 amide bonds. The van der Waals surface area contributed by atoms with Gasteiger partial charge in [0, 0.05) is 23.7 Å². The average Bonchev–Trinajstić information content (AvgIpc) is 2.92. The second-order valence-electron chi connectivity index (χ2n) is 5.81. The number of hydrogen-bond donors (Lipinski definition) is 1. The van der Waals surface area contributed by atoms with Gasteiger partial charge in [-0.15, -0.1) is 0 Å². The van der Waals surface area contributed by atoms with Crippen molar-refractivity contribution in [2.45, 2.75) is 13.3 Å². The molecule has 0 radical (unpaired) electrons. The average molecular weight is 363 g/mol. The lowest BCUT2D eigenvalue weighted by Gasteiger charge is -2.18. The van der Waals surface area contributed by atoms with Gasteiger partial charge >= 0.3 is 0 Å². The van der Waals surface area contributed by atoms with Crippen molar-refractivity contribution in [3.63, 3.8) is 0 Å². The van der Waals surface area contributed by atoms with E-state index < -0.39 is 5.92 Å². The van der Waals surface area contributed by atoms with Gasteiger partial charge in [-0.1, -0.05) is 35.3 Å². The maximum Gasteiger partial charge on any atom is 0.229 e. The van der Waals surface area contributed by atoms with E-state index in [0.717, 1.165) is 5.56 Å². The fourth-order valence-corrected chi connectivity index (χ4v) is 3.25. The van der Waals surface area contributed by atoms with Crippen molar-refractivity contribution in [2.24, 2.45) is 5.92 Å².